The van der Waals surface area contributed by atoms with Gasteiger partial charge in [-0.05, 0) is 66.3 Å². The number of benzene rings is 3. The lowest BCUT2D eigenvalue weighted by Gasteiger charge is -2.24. The smallest absolute Gasteiger partial charge is 0.255 e. The third kappa shape index (κ3) is 6.81. The van der Waals surface area contributed by atoms with E-state index in [2.05, 4.69) is 33.0 Å². The van der Waals surface area contributed by atoms with Gasteiger partial charge in [0.1, 0.15) is 0 Å². The zero-order valence-corrected chi connectivity index (χ0v) is 27.3. The van der Waals surface area contributed by atoms with Gasteiger partial charge in [-0.2, -0.15) is 5.10 Å². The molecule has 5 rings (SSSR count). The second-order valence-corrected chi connectivity index (χ2v) is 13.7. The number of aryl methyl sites for hydroxylation is 1. The van der Waals surface area contributed by atoms with E-state index < -0.39 is 10.0 Å². The van der Waals surface area contributed by atoms with Gasteiger partial charge in [0.05, 0.1) is 53.7 Å². The molecule has 4 N–H and O–H groups in total. The molecule has 0 saturated heterocycles. The summed E-state index contributed by atoms with van der Waals surface area (Å²) in [6.07, 6.45) is 5.63. The molecule has 4 aromatic rings. The number of nitrogens with one attached hydrogen (secondary N) is 4. The molecule has 1 aliphatic rings. The normalized spacial score (nSPS) is 13.3. The van der Waals surface area contributed by atoms with Gasteiger partial charge in [0.2, 0.25) is 10.0 Å². The molecule has 11 nitrogen and oxygen atoms in total. The molecule has 0 bridgehead atoms. The number of hydrogen-bond donors (Lipinski definition) is 4. The monoisotopic (exact) mass is 629 g/mol. The molecule has 1 aliphatic heterocycles. The molecule has 0 atom stereocenters. The summed E-state index contributed by atoms with van der Waals surface area (Å²) in [4.78, 5) is 13.6. The van der Waals surface area contributed by atoms with E-state index in [4.69, 9.17) is 4.74 Å². The summed E-state index contributed by atoms with van der Waals surface area (Å²) in [5, 5.41) is 9.41. The van der Waals surface area contributed by atoms with Crippen LogP contribution in [0.4, 0.5) is 17.1 Å². The number of amides is 1. The van der Waals surface area contributed by atoms with Gasteiger partial charge in [-0.1, -0.05) is 52.0 Å². The zero-order valence-electron chi connectivity index (χ0n) is 26.5. The number of rotatable bonds is 9. The SMILES string of the molecule is CCc1c(C2=CN(c3cc(C(=O)Nc4cc(C(C)(C)C)cc(NS(C)(=O)=O)c4OC)ccc3C)NN2)cnn1-c1ccccc1. The van der Waals surface area contributed by atoms with Crippen molar-refractivity contribution < 1.29 is 17.9 Å². The fourth-order valence-electron chi connectivity index (χ4n) is 5.17. The molecule has 3 aromatic carbocycles. The Balaban J connectivity index is 1.45. The summed E-state index contributed by atoms with van der Waals surface area (Å²) in [5.74, 6) is -0.158. The molecule has 0 aliphatic carbocycles. The predicted octanol–water partition coefficient (Wildman–Crippen LogP) is 5.50. The van der Waals surface area contributed by atoms with E-state index in [1.165, 1.54) is 7.11 Å². The van der Waals surface area contributed by atoms with Crippen molar-refractivity contribution in [3.63, 3.8) is 0 Å². The highest BCUT2D eigenvalue weighted by molar-refractivity contribution is 7.92. The number of carbonyl (C=O) groups is 1. The maximum atomic E-state index is 13.6. The Labute approximate surface area is 264 Å². The average molecular weight is 630 g/mol. The highest BCUT2D eigenvalue weighted by Crippen LogP contribution is 2.39. The third-order valence-corrected chi connectivity index (χ3v) is 8.09. The Morgan fingerprint density at radius 2 is 1.76 bits per heavy atom. The lowest BCUT2D eigenvalue weighted by molar-refractivity contribution is 0.102. The highest BCUT2D eigenvalue weighted by Gasteiger charge is 2.24. The molecule has 0 fully saturated rings. The van der Waals surface area contributed by atoms with Gasteiger partial charge in [0.25, 0.3) is 5.91 Å². The summed E-state index contributed by atoms with van der Waals surface area (Å²) in [5.41, 5.74) is 13.5. The first-order valence-corrected chi connectivity index (χ1v) is 16.5. The van der Waals surface area contributed by atoms with Crippen molar-refractivity contribution in [3.05, 3.63) is 101 Å². The topological polar surface area (TPSA) is 130 Å². The fraction of sp³-hybridized carbons (Fsp3) is 0.273. The maximum Gasteiger partial charge on any atom is 0.255 e. The van der Waals surface area contributed by atoms with Crippen LogP contribution in [0.25, 0.3) is 11.4 Å². The molecule has 2 heterocycles. The Hall–Kier alpha value is -4.81. The standard InChI is InChI=1S/C33H39N7O4S/c1-8-29-25(19-34-40(29)24-12-10-9-11-13-24)28-20-39(38-36-28)30-16-22(15-14-21(30)2)32(41)35-26-17-23(33(3,4)5)18-27(31(26)44-6)37-45(7,42)43/h9-20,36-38H,8H2,1-7H3,(H,35,41). The van der Waals surface area contributed by atoms with Crippen molar-refractivity contribution >= 4 is 38.7 Å². The Bertz CT molecular complexity index is 1880. The minimum Gasteiger partial charge on any atom is -0.492 e. The number of ether oxygens (including phenoxy) is 1. The molecule has 0 radical (unpaired) electrons. The number of carbonyl (C=O) groups excluding carboxylic acids is 1. The number of hydrogen-bond acceptors (Lipinski definition) is 8. The van der Waals surface area contributed by atoms with Gasteiger partial charge in [0.15, 0.2) is 5.75 Å². The summed E-state index contributed by atoms with van der Waals surface area (Å²) in [6, 6.07) is 18.9. The molecule has 0 unspecified atom stereocenters. The van der Waals surface area contributed by atoms with Crippen LogP contribution in [0, 0.1) is 6.92 Å². The van der Waals surface area contributed by atoms with E-state index in [-0.39, 0.29) is 22.8 Å². The van der Waals surface area contributed by atoms with Gasteiger partial charge in [-0.3, -0.25) is 14.5 Å². The number of sulfonamides is 1. The molecule has 12 heteroatoms. The summed E-state index contributed by atoms with van der Waals surface area (Å²) in [7, 11) is -2.17. The van der Waals surface area contributed by atoms with Gasteiger partial charge < -0.3 is 15.5 Å². The van der Waals surface area contributed by atoms with E-state index >= 15 is 0 Å². The minimum atomic E-state index is -3.60. The van der Waals surface area contributed by atoms with Crippen molar-refractivity contribution in [2.45, 2.75) is 46.5 Å². The van der Waals surface area contributed by atoms with E-state index in [9.17, 15) is 13.2 Å². The molecule has 1 aromatic heterocycles. The van der Waals surface area contributed by atoms with Crippen molar-refractivity contribution in [2.24, 2.45) is 0 Å². The van der Waals surface area contributed by atoms with E-state index in [0.29, 0.717) is 11.3 Å². The van der Waals surface area contributed by atoms with Crippen molar-refractivity contribution in [2.75, 3.05) is 28.4 Å². The second kappa shape index (κ2) is 12.3. The fourth-order valence-corrected chi connectivity index (χ4v) is 5.72. The first kappa shape index (κ1) is 31.6. The first-order valence-electron chi connectivity index (χ1n) is 14.6. The van der Waals surface area contributed by atoms with Gasteiger partial charge in [0, 0.05) is 17.3 Å². The van der Waals surface area contributed by atoms with Gasteiger partial charge >= 0.3 is 0 Å². The number of anilines is 3. The van der Waals surface area contributed by atoms with E-state index in [1.54, 1.807) is 24.3 Å². The van der Waals surface area contributed by atoms with Crippen LogP contribution in [-0.4, -0.2) is 37.5 Å². The largest absolute Gasteiger partial charge is 0.492 e. The predicted molar refractivity (Wildman–Crippen MR) is 179 cm³/mol. The lowest BCUT2D eigenvalue weighted by atomic mass is 9.86. The number of hydrazine groups is 2. The molecular formula is C33H39N7O4S. The first-order chi connectivity index (χ1) is 21.3. The van der Waals surface area contributed by atoms with Crippen LogP contribution in [0.1, 0.15) is 60.4 Å². The molecule has 45 heavy (non-hydrogen) atoms. The second-order valence-electron chi connectivity index (χ2n) is 11.9. The summed E-state index contributed by atoms with van der Waals surface area (Å²) in [6.45, 7) is 10.1. The van der Waals surface area contributed by atoms with Gasteiger partial charge in [-0.25, -0.2) is 13.1 Å². The van der Waals surface area contributed by atoms with Crippen LogP contribution in [-0.2, 0) is 21.9 Å². The van der Waals surface area contributed by atoms with Crippen molar-refractivity contribution in [1.82, 2.24) is 20.7 Å². The number of nitrogens with zero attached hydrogens (tertiary/aromatic N) is 3. The van der Waals surface area contributed by atoms with E-state index in [0.717, 1.165) is 52.1 Å². The van der Waals surface area contributed by atoms with Gasteiger partial charge in [-0.15, -0.1) is 5.53 Å². The molecular weight excluding hydrogens is 590 g/mol. The molecule has 236 valence electrons. The Kier molecular flexibility index (Phi) is 8.63. The quantitative estimate of drug-likeness (QED) is 0.191. The van der Waals surface area contributed by atoms with E-state index in [1.807, 2.05) is 86.2 Å². The van der Waals surface area contributed by atoms with Crippen LogP contribution in [0.5, 0.6) is 5.75 Å². The third-order valence-electron chi connectivity index (χ3n) is 7.50. The zero-order chi connectivity index (χ0) is 32.5. The Morgan fingerprint density at radius 1 is 1.04 bits per heavy atom. The average Bonchev–Trinajstić information content (AvgIpc) is 3.64. The summed E-state index contributed by atoms with van der Waals surface area (Å²) < 4.78 is 34.3. The summed E-state index contributed by atoms with van der Waals surface area (Å²) >= 11 is 0. The van der Waals surface area contributed by atoms with Crippen LogP contribution >= 0.6 is 0 Å². The minimum absolute atomic E-state index is 0.217. The van der Waals surface area contributed by atoms with Crippen LogP contribution in [0.15, 0.2) is 73.1 Å². The number of para-hydroxylation sites is 1. The number of aromatic nitrogens is 2. The Morgan fingerprint density at radius 3 is 2.40 bits per heavy atom. The van der Waals surface area contributed by atoms with Crippen LogP contribution in [0.3, 0.4) is 0 Å². The van der Waals surface area contributed by atoms with Crippen LogP contribution < -0.4 is 30.7 Å². The molecule has 0 saturated carbocycles. The maximum absolute atomic E-state index is 13.6. The number of methoxy groups -OCH3 is 1. The highest BCUT2D eigenvalue weighted by atomic mass is 32.2. The van der Waals surface area contributed by atoms with Crippen LogP contribution in [0.2, 0.25) is 0 Å². The van der Waals surface area contributed by atoms with Crippen molar-refractivity contribution in [3.8, 4) is 11.4 Å². The lowest BCUT2D eigenvalue weighted by Crippen LogP contribution is -2.36. The molecule has 0 spiro atoms. The van der Waals surface area contributed by atoms with Crippen molar-refractivity contribution in [1.29, 1.82) is 0 Å². The molecule has 1 amide bonds.